The van der Waals surface area contributed by atoms with Gasteiger partial charge in [0.05, 0.1) is 29.5 Å². The summed E-state index contributed by atoms with van der Waals surface area (Å²) in [5, 5.41) is 2.84. The summed E-state index contributed by atoms with van der Waals surface area (Å²) in [6, 6.07) is 28.4. The summed E-state index contributed by atoms with van der Waals surface area (Å²) in [7, 11) is 1.60. The van der Waals surface area contributed by atoms with Crippen molar-refractivity contribution >= 4 is 50.8 Å². The number of nitrogens with zero attached hydrogens (tertiary/aromatic N) is 2. The number of esters is 1. The standard InChI is InChI=1S/C35H27N3O4S/c1-3-42-34(40)30-31(22-12-5-4-6-13-22)37-35-38(32(30)29-25-15-8-7-11-21(25)17-18-27(29)41-2)33(39)28(43-35)19-23-20-36-26-16-10-9-14-24(23)26/h4-20,32,36H,3H2,1-2H3. The zero-order valence-electron chi connectivity index (χ0n) is 23.5. The van der Waals surface area contributed by atoms with Gasteiger partial charge in [0.25, 0.3) is 5.56 Å². The van der Waals surface area contributed by atoms with Crippen LogP contribution < -0.4 is 19.6 Å². The second-order valence-electron chi connectivity index (χ2n) is 10.1. The third-order valence-corrected chi connectivity index (χ3v) is 8.69. The number of hydrogen-bond donors (Lipinski definition) is 1. The van der Waals surface area contributed by atoms with E-state index in [0.717, 1.165) is 32.8 Å². The van der Waals surface area contributed by atoms with E-state index in [9.17, 15) is 9.59 Å². The number of aromatic amines is 1. The van der Waals surface area contributed by atoms with Crippen LogP contribution in [-0.2, 0) is 9.53 Å². The summed E-state index contributed by atoms with van der Waals surface area (Å²) in [6.45, 7) is 1.94. The van der Waals surface area contributed by atoms with Gasteiger partial charge >= 0.3 is 5.97 Å². The lowest BCUT2D eigenvalue weighted by Crippen LogP contribution is -2.40. The minimum atomic E-state index is -0.850. The van der Waals surface area contributed by atoms with Gasteiger partial charge in [0.15, 0.2) is 4.80 Å². The van der Waals surface area contributed by atoms with Gasteiger partial charge in [-0.05, 0) is 35.9 Å². The SMILES string of the molecule is CCOC(=O)C1=C(c2ccccc2)N=c2sc(=Cc3c[nH]c4ccccc34)c(=O)n2C1c1c(OC)ccc2ccccc12. The predicted molar refractivity (Wildman–Crippen MR) is 170 cm³/mol. The Labute approximate surface area is 250 Å². The van der Waals surface area contributed by atoms with Gasteiger partial charge in [0, 0.05) is 33.8 Å². The molecule has 0 fully saturated rings. The molecule has 1 aliphatic heterocycles. The normalized spacial score (nSPS) is 15.0. The van der Waals surface area contributed by atoms with Crippen molar-refractivity contribution < 1.29 is 14.3 Å². The number of rotatable bonds is 6. The van der Waals surface area contributed by atoms with Crippen molar-refractivity contribution in [3.63, 3.8) is 0 Å². The number of hydrogen-bond acceptors (Lipinski definition) is 6. The smallest absolute Gasteiger partial charge is 0.338 e. The highest BCUT2D eigenvalue weighted by molar-refractivity contribution is 7.07. The zero-order chi connectivity index (χ0) is 29.5. The van der Waals surface area contributed by atoms with Crippen molar-refractivity contribution in [2.45, 2.75) is 13.0 Å². The lowest BCUT2D eigenvalue weighted by atomic mass is 9.89. The number of fused-ring (bicyclic) bond motifs is 3. The number of carbonyl (C=O) groups excluding carboxylic acids is 1. The Bertz CT molecular complexity index is 2240. The Kier molecular flexibility index (Phi) is 6.75. The van der Waals surface area contributed by atoms with Crippen molar-refractivity contribution in [1.29, 1.82) is 0 Å². The molecule has 6 aromatic rings. The highest BCUT2D eigenvalue weighted by atomic mass is 32.1. The van der Waals surface area contributed by atoms with Crippen LogP contribution in [0.25, 0.3) is 33.4 Å². The lowest BCUT2D eigenvalue weighted by Gasteiger charge is -2.28. The number of thiazole rings is 1. The van der Waals surface area contributed by atoms with Crippen LogP contribution in [0.5, 0.6) is 5.75 Å². The first kappa shape index (κ1) is 26.7. The molecule has 8 heteroatoms. The zero-order valence-corrected chi connectivity index (χ0v) is 24.4. The maximum atomic E-state index is 14.4. The second-order valence-corrected chi connectivity index (χ2v) is 11.1. The number of para-hydroxylation sites is 1. The molecule has 7 nitrogen and oxygen atoms in total. The summed E-state index contributed by atoms with van der Waals surface area (Å²) in [4.78, 5) is 37.1. The first-order valence-electron chi connectivity index (χ1n) is 14.0. The molecule has 0 aliphatic carbocycles. The van der Waals surface area contributed by atoms with E-state index in [1.165, 1.54) is 11.3 Å². The van der Waals surface area contributed by atoms with Gasteiger partial charge in [-0.3, -0.25) is 9.36 Å². The Balaban J connectivity index is 1.60. The van der Waals surface area contributed by atoms with E-state index in [2.05, 4.69) is 4.98 Å². The van der Waals surface area contributed by atoms with E-state index < -0.39 is 12.0 Å². The molecule has 1 unspecified atom stereocenters. The van der Waals surface area contributed by atoms with Crippen LogP contribution in [0.4, 0.5) is 0 Å². The number of benzene rings is 4. The molecular weight excluding hydrogens is 558 g/mol. The van der Waals surface area contributed by atoms with Gasteiger partial charge in [-0.1, -0.05) is 90.2 Å². The van der Waals surface area contributed by atoms with Crippen molar-refractivity contribution in [3.05, 3.63) is 139 Å². The van der Waals surface area contributed by atoms with Crippen LogP contribution >= 0.6 is 11.3 Å². The number of methoxy groups -OCH3 is 1. The van der Waals surface area contributed by atoms with Crippen molar-refractivity contribution in [3.8, 4) is 5.75 Å². The van der Waals surface area contributed by atoms with Crippen molar-refractivity contribution in [2.24, 2.45) is 4.99 Å². The van der Waals surface area contributed by atoms with E-state index in [0.29, 0.717) is 26.3 Å². The molecule has 3 heterocycles. The van der Waals surface area contributed by atoms with Crippen molar-refractivity contribution in [2.75, 3.05) is 13.7 Å². The highest BCUT2D eigenvalue weighted by Gasteiger charge is 2.37. The number of nitrogens with one attached hydrogen (secondary N) is 1. The molecular formula is C35H27N3O4S. The van der Waals surface area contributed by atoms with Gasteiger partial charge in [0.2, 0.25) is 0 Å². The molecule has 0 radical (unpaired) electrons. The minimum absolute atomic E-state index is 0.175. The van der Waals surface area contributed by atoms with E-state index >= 15 is 0 Å². The van der Waals surface area contributed by atoms with Gasteiger partial charge in [-0.2, -0.15) is 0 Å². The summed E-state index contributed by atoms with van der Waals surface area (Å²) in [6.07, 6.45) is 3.78. The third kappa shape index (κ3) is 4.47. The van der Waals surface area contributed by atoms with Crippen molar-refractivity contribution in [1.82, 2.24) is 9.55 Å². The summed E-state index contributed by atoms with van der Waals surface area (Å²) >= 11 is 1.30. The Morgan fingerprint density at radius 2 is 1.72 bits per heavy atom. The largest absolute Gasteiger partial charge is 0.496 e. The molecule has 4 aromatic carbocycles. The molecule has 7 rings (SSSR count). The second kappa shape index (κ2) is 10.9. The fraction of sp³-hybridized carbons (Fsp3) is 0.114. The molecule has 0 amide bonds. The third-order valence-electron chi connectivity index (χ3n) is 7.71. The van der Waals surface area contributed by atoms with E-state index in [4.69, 9.17) is 14.5 Å². The molecule has 2 aromatic heterocycles. The summed E-state index contributed by atoms with van der Waals surface area (Å²) in [5.41, 5.74) is 3.84. The van der Waals surface area contributed by atoms with Gasteiger partial charge in [-0.15, -0.1) is 0 Å². The van der Waals surface area contributed by atoms with Crippen LogP contribution in [0.2, 0.25) is 0 Å². The quantitative estimate of drug-likeness (QED) is 0.259. The maximum Gasteiger partial charge on any atom is 0.338 e. The maximum absolute atomic E-state index is 14.4. The fourth-order valence-electron chi connectivity index (χ4n) is 5.80. The Morgan fingerprint density at radius 3 is 2.51 bits per heavy atom. The predicted octanol–water partition coefficient (Wildman–Crippen LogP) is 5.58. The van der Waals surface area contributed by atoms with E-state index in [1.54, 1.807) is 18.6 Å². The van der Waals surface area contributed by atoms with Gasteiger partial charge in [-0.25, -0.2) is 9.79 Å². The fourth-order valence-corrected chi connectivity index (χ4v) is 6.80. The van der Waals surface area contributed by atoms with E-state index in [1.807, 2.05) is 103 Å². The van der Waals surface area contributed by atoms with Crippen LogP contribution in [0.1, 0.15) is 29.7 Å². The minimum Gasteiger partial charge on any atom is -0.496 e. The summed E-state index contributed by atoms with van der Waals surface area (Å²) < 4.78 is 13.7. The molecule has 0 spiro atoms. The first-order valence-corrected chi connectivity index (χ1v) is 14.8. The molecule has 1 atom stereocenters. The van der Waals surface area contributed by atoms with Crippen LogP contribution in [-0.4, -0.2) is 29.2 Å². The molecule has 0 bridgehead atoms. The summed E-state index contributed by atoms with van der Waals surface area (Å²) in [5.74, 6) is 0.0296. The molecule has 212 valence electrons. The molecule has 43 heavy (non-hydrogen) atoms. The Morgan fingerprint density at radius 1 is 0.977 bits per heavy atom. The monoisotopic (exact) mass is 585 g/mol. The number of ether oxygens (including phenoxy) is 2. The topological polar surface area (TPSA) is 85.7 Å². The van der Waals surface area contributed by atoms with Crippen LogP contribution in [0, 0.1) is 0 Å². The van der Waals surface area contributed by atoms with Gasteiger partial charge < -0.3 is 14.5 Å². The number of carbonyl (C=O) groups is 1. The molecule has 1 N–H and O–H groups in total. The van der Waals surface area contributed by atoms with Crippen LogP contribution in [0.15, 0.2) is 113 Å². The molecule has 1 aliphatic rings. The lowest BCUT2D eigenvalue weighted by molar-refractivity contribution is -0.138. The number of H-pyrrole nitrogens is 1. The van der Waals surface area contributed by atoms with Gasteiger partial charge in [0.1, 0.15) is 11.8 Å². The average Bonchev–Trinajstić information content (AvgIpc) is 3.60. The first-order chi connectivity index (χ1) is 21.1. The van der Waals surface area contributed by atoms with E-state index in [-0.39, 0.29) is 17.7 Å². The highest BCUT2D eigenvalue weighted by Crippen LogP contribution is 2.42. The Hall–Kier alpha value is -5.21. The molecule has 0 saturated heterocycles. The van der Waals surface area contributed by atoms with Crippen LogP contribution in [0.3, 0.4) is 0 Å². The average molecular weight is 586 g/mol. The molecule has 0 saturated carbocycles. The number of aromatic nitrogens is 2.